The lowest BCUT2D eigenvalue weighted by atomic mass is 9.99. The lowest BCUT2D eigenvalue weighted by molar-refractivity contribution is 0.378. The van der Waals surface area contributed by atoms with Crippen LogP contribution in [-0.2, 0) is 0 Å². The quantitative estimate of drug-likeness (QED) is 0.579. The summed E-state index contributed by atoms with van der Waals surface area (Å²) < 4.78 is 0. The first-order valence-corrected chi connectivity index (χ1v) is 9.30. The molecule has 7 heteroatoms. The predicted octanol–water partition coefficient (Wildman–Crippen LogP) is 3.10. The van der Waals surface area contributed by atoms with Gasteiger partial charge in [0.15, 0.2) is 5.82 Å². The Balaban J connectivity index is 1.46. The zero-order chi connectivity index (χ0) is 17.5. The van der Waals surface area contributed by atoms with Crippen molar-refractivity contribution < 1.29 is 0 Å². The number of hydrogen-bond donors (Lipinski definition) is 4. The van der Waals surface area contributed by atoms with Crippen LogP contribution in [0, 0.1) is 6.92 Å². The number of H-pyrrole nitrogens is 1. The first-order chi connectivity index (χ1) is 12.7. The second-order valence-corrected chi connectivity index (χ2v) is 7.44. The predicted molar refractivity (Wildman–Crippen MR) is 103 cm³/mol. The molecule has 2 fully saturated rings. The Kier molecular flexibility index (Phi) is 3.74. The molecule has 2 saturated heterocycles. The minimum Gasteiger partial charge on any atom is -0.367 e. The van der Waals surface area contributed by atoms with Gasteiger partial charge in [0.1, 0.15) is 11.6 Å². The summed E-state index contributed by atoms with van der Waals surface area (Å²) in [7, 11) is 0. The molecule has 0 aromatic carbocycles. The van der Waals surface area contributed by atoms with Crippen molar-refractivity contribution in [2.75, 3.05) is 10.6 Å². The van der Waals surface area contributed by atoms with Crippen LogP contribution in [0.15, 0.2) is 30.5 Å². The number of rotatable bonds is 4. The van der Waals surface area contributed by atoms with Gasteiger partial charge >= 0.3 is 0 Å². The van der Waals surface area contributed by atoms with Gasteiger partial charge in [-0.1, -0.05) is 0 Å². The zero-order valence-corrected chi connectivity index (χ0v) is 14.8. The molecule has 0 amide bonds. The molecular formula is C19H23N7. The number of aromatic nitrogens is 4. The summed E-state index contributed by atoms with van der Waals surface area (Å²) in [6, 6.07) is 9.71. The maximum Gasteiger partial charge on any atom is 0.153 e. The van der Waals surface area contributed by atoms with E-state index in [0.717, 1.165) is 46.9 Å². The van der Waals surface area contributed by atoms with Gasteiger partial charge in [-0.15, -0.1) is 0 Å². The maximum absolute atomic E-state index is 4.83. The highest BCUT2D eigenvalue weighted by atomic mass is 15.2. The Morgan fingerprint density at radius 2 is 1.96 bits per heavy atom. The fourth-order valence-corrected chi connectivity index (χ4v) is 4.23. The third-order valence-electron chi connectivity index (χ3n) is 5.38. The zero-order valence-electron chi connectivity index (χ0n) is 14.8. The van der Waals surface area contributed by atoms with E-state index < -0.39 is 0 Å². The van der Waals surface area contributed by atoms with Crippen molar-refractivity contribution in [2.45, 2.75) is 50.7 Å². The average molecular weight is 349 g/mol. The highest BCUT2D eigenvalue weighted by Gasteiger charge is 2.33. The van der Waals surface area contributed by atoms with Gasteiger partial charge in [-0.3, -0.25) is 10.1 Å². The standard InChI is InChI=1S/C19H23N7/c1-11-7-18(26-25-11)23-17-10-16-15(3-2-6-20-16)19(24-17)22-14-8-12-4-5-13(9-14)21-12/h2-3,6-7,10,12-14,21H,4-5,8-9H2,1H3,(H3,22,23,24,25,26)/t12-,13?,14?/m1/s1. The number of aryl methyl sites for hydroxylation is 1. The molecule has 3 aromatic rings. The third-order valence-corrected chi connectivity index (χ3v) is 5.38. The average Bonchev–Trinajstić information content (AvgIpc) is 3.19. The van der Waals surface area contributed by atoms with Gasteiger partial charge in [-0.25, -0.2) is 4.98 Å². The molecule has 5 rings (SSSR count). The molecule has 0 radical (unpaired) electrons. The third kappa shape index (κ3) is 2.99. The number of hydrogen-bond acceptors (Lipinski definition) is 6. The second-order valence-electron chi connectivity index (χ2n) is 7.44. The van der Waals surface area contributed by atoms with E-state index in [1.54, 1.807) is 0 Å². The van der Waals surface area contributed by atoms with Crippen molar-refractivity contribution in [1.29, 1.82) is 0 Å². The summed E-state index contributed by atoms with van der Waals surface area (Å²) in [6.45, 7) is 1.98. The van der Waals surface area contributed by atoms with Crippen LogP contribution >= 0.6 is 0 Å². The molecule has 7 nitrogen and oxygen atoms in total. The van der Waals surface area contributed by atoms with Crippen LogP contribution in [-0.4, -0.2) is 38.3 Å². The van der Waals surface area contributed by atoms with Crippen LogP contribution in [0.5, 0.6) is 0 Å². The van der Waals surface area contributed by atoms with E-state index in [9.17, 15) is 0 Å². The number of nitrogens with zero attached hydrogens (tertiary/aromatic N) is 3. The van der Waals surface area contributed by atoms with Gasteiger partial charge < -0.3 is 16.0 Å². The molecule has 0 saturated carbocycles. The van der Waals surface area contributed by atoms with Crippen LogP contribution in [0.1, 0.15) is 31.4 Å². The minimum atomic E-state index is 0.451. The largest absolute Gasteiger partial charge is 0.367 e. The number of piperidine rings is 1. The Morgan fingerprint density at radius 3 is 2.73 bits per heavy atom. The molecule has 3 aromatic heterocycles. The van der Waals surface area contributed by atoms with Crippen LogP contribution in [0.2, 0.25) is 0 Å². The Hall–Kier alpha value is -2.67. The van der Waals surface area contributed by atoms with E-state index >= 15 is 0 Å². The van der Waals surface area contributed by atoms with Gasteiger partial charge in [0.2, 0.25) is 0 Å². The maximum atomic E-state index is 4.83. The molecule has 2 aliphatic rings. The van der Waals surface area contributed by atoms with Crippen molar-refractivity contribution in [3.63, 3.8) is 0 Å². The Bertz CT molecular complexity index is 923. The summed E-state index contributed by atoms with van der Waals surface area (Å²) in [5.41, 5.74) is 1.94. The number of nitrogens with one attached hydrogen (secondary N) is 4. The molecule has 26 heavy (non-hydrogen) atoms. The molecule has 4 N–H and O–H groups in total. The molecule has 5 heterocycles. The fourth-order valence-electron chi connectivity index (χ4n) is 4.23. The second kappa shape index (κ2) is 6.25. The molecule has 0 spiro atoms. The summed E-state index contributed by atoms with van der Waals surface area (Å²) in [5, 5.41) is 18.9. The van der Waals surface area contributed by atoms with Crippen molar-refractivity contribution in [1.82, 2.24) is 25.5 Å². The monoisotopic (exact) mass is 349 g/mol. The number of pyridine rings is 2. The smallest absolute Gasteiger partial charge is 0.153 e. The molecule has 3 atom stereocenters. The molecule has 0 aliphatic carbocycles. The van der Waals surface area contributed by atoms with Gasteiger partial charge in [0.25, 0.3) is 0 Å². The number of fused-ring (bicyclic) bond motifs is 3. The van der Waals surface area contributed by atoms with Crippen LogP contribution in [0.4, 0.5) is 17.5 Å². The van der Waals surface area contributed by atoms with Gasteiger partial charge in [-0.2, -0.15) is 5.10 Å². The van der Waals surface area contributed by atoms with Crippen molar-refractivity contribution in [2.24, 2.45) is 0 Å². The first kappa shape index (κ1) is 15.6. The van der Waals surface area contributed by atoms with Gasteiger partial charge in [-0.05, 0) is 44.7 Å². The van der Waals surface area contributed by atoms with Crippen molar-refractivity contribution in [3.8, 4) is 0 Å². The normalized spacial score (nSPS) is 24.7. The van der Waals surface area contributed by atoms with Crippen LogP contribution in [0.3, 0.4) is 0 Å². The Morgan fingerprint density at radius 1 is 1.12 bits per heavy atom. The van der Waals surface area contributed by atoms with Crippen LogP contribution in [0.25, 0.3) is 10.9 Å². The van der Waals surface area contributed by atoms with Crippen molar-refractivity contribution >= 4 is 28.4 Å². The number of aromatic amines is 1. The van der Waals surface area contributed by atoms with E-state index in [0.29, 0.717) is 18.1 Å². The van der Waals surface area contributed by atoms with Gasteiger partial charge in [0, 0.05) is 47.5 Å². The molecular weight excluding hydrogens is 326 g/mol. The summed E-state index contributed by atoms with van der Waals surface area (Å²) >= 11 is 0. The first-order valence-electron chi connectivity index (χ1n) is 9.30. The van der Waals surface area contributed by atoms with E-state index in [1.807, 2.05) is 31.3 Å². The molecule has 134 valence electrons. The SMILES string of the molecule is Cc1cc(Nc2cc3ncccc3c(NC3CC4CC[C@H](C3)N4)n2)n[nH]1. The fraction of sp³-hybridized carbons (Fsp3) is 0.421. The lowest BCUT2D eigenvalue weighted by Crippen LogP contribution is -2.43. The summed E-state index contributed by atoms with van der Waals surface area (Å²) in [6.07, 6.45) is 6.70. The highest BCUT2D eigenvalue weighted by molar-refractivity contribution is 5.91. The summed E-state index contributed by atoms with van der Waals surface area (Å²) in [5.74, 6) is 2.41. The number of anilines is 3. The highest BCUT2D eigenvalue weighted by Crippen LogP contribution is 2.31. The summed E-state index contributed by atoms with van der Waals surface area (Å²) in [4.78, 5) is 9.36. The topological polar surface area (TPSA) is 90.6 Å². The van der Waals surface area contributed by atoms with E-state index in [4.69, 9.17) is 4.98 Å². The molecule has 2 aliphatic heterocycles. The van der Waals surface area contributed by atoms with E-state index in [1.165, 1.54) is 12.8 Å². The minimum absolute atomic E-state index is 0.451. The van der Waals surface area contributed by atoms with Crippen molar-refractivity contribution in [3.05, 3.63) is 36.2 Å². The molecule has 2 unspecified atom stereocenters. The van der Waals surface area contributed by atoms with E-state index in [2.05, 4.69) is 37.2 Å². The van der Waals surface area contributed by atoms with Gasteiger partial charge in [0.05, 0.1) is 5.52 Å². The van der Waals surface area contributed by atoms with E-state index in [-0.39, 0.29) is 0 Å². The lowest BCUT2D eigenvalue weighted by Gasteiger charge is -2.30. The Labute approximate surface area is 152 Å². The van der Waals surface area contributed by atoms with Crippen LogP contribution < -0.4 is 16.0 Å². The molecule has 2 bridgehead atoms.